The number of ether oxygens (including phenoxy) is 1. The Bertz CT molecular complexity index is 763. The molecule has 2 heterocycles. The molecule has 0 radical (unpaired) electrons. The molecule has 1 aromatic rings. The molecule has 1 amide bonds. The summed E-state index contributed by atoms with van der Waals surface area (Å²) in [6.45, 7) is 6.94. The summed E-state index contributed by atoms with van der Waals surface area (Å²) in [5.74, 6) is 1.29. The van der Waals surface area contributed by atoms with E-state index < -0.39 is 21.7 Å². The third kappa shape index (κ3) is 4.33. The molecule has 1 aromatic heterocycles. The molecule has 2 unspecified atom stereocenters. The van der Waals surface area contributed by atoms with Gasteiger partial charge in [0.05, 0.1) is 11.9 Å². The van der Waals surface area contributed by atoms with Crippen molar-refractivity contribution in [3.05, 3.63) is 18.3 Å². The smallest absolute Gasteiger partial charge is 0.407 e. The molecule has 2 N–H and O–H groups in total. The number of anilines is 2. The van der Waals surface area contributed by atoms with Gasteiger partial charge >= 0.3 is 6.09 Å². The van der Waals surface area contributed by atoms with Crippen molar-refractivity contribution >= 4 is 27.6 Å². The fourth-order valence-corrected chi connectivity index (χ4v) is 3.84. The molecule has 1 saturated carbocycles. The zero-order valence-electron chi connectivity index (χ0n) is 14.8. The Hall–Kier alpha value is -2.03. The standard InChI is InChI=1S/C16H24N4O4S/c1-16(2,3)24-15(21)18-13-10-8-20(9-11(10)13)14-12(6-5-7-17-14)19-25(4,22)23/h5-7,10-11,13,19H,8-9H2,1-4H3,(H,18,21). The number of nitrogens with zero attached hydrogens (tertiary/aromatic N) is 2. The molecule has 2 aliphatic rings. The molecule has 1 aliphatic carbocycles. The predicted molar refractivity (Wildman–Crippen MR) is 95.1 cm³/mol. The molecule has 1 saturated heterocycles. The lowest BCUT2D eigenvalue weighted by Gasteiger charge is -2.24. The van der Waals surface area contributed by atoms with Gasteiger partial charge < -0.3 is 15.0 Å². The van der Waals surface area contributed by atoms with Crippen molar-refractivity contribution in [1.82, 2.24) is 10.3 Å². The molecule has 138 valence electrons. The van der Waals surface area contributed by atoms with Gasteiger partial charge in [0.25, 0.3) is 0 Å². The van der Waals surface area contributed by atoms with Crippen LogP contribution in [-0.4, -0.2) is 50.5 Å². The number of amides is 1. The van der Waals surface area contributed by atoms with Crippen molar-refractivity contribution in [2.75, 3.05) is 29.0 Å². The number of nitrogens with one attached hydrogen (secondary N) is 2. The topological polar surface area (TPSA) is 101 Å². The van der Waals surface area contributed by atoms with E-state index in [9.17, 15) is 13.2 Å². The fraction of sp³-hybridized carbons (Fsp3) is 0.625. The number of fused-ring (bicyclic) bond motifs is 1. The number of carbonyl (C=O) groups is 1. The van der Waals surface area contributed by atoms with Gasteiger partial charge in [-0.1, -0.05) is 0 Å². The fourth-order valence-electron chi connectivity index (χ4n) is 3.29. The second-order valence-corrected chi connectivity index (χ2v) is 9.40. The van der Waals surface area contributed by atoms with Gasteiger partial charge in [0.15, 0.2) is 5.82 Å². The van der Waals surface area contributed by atoms with Crippen LogP contribution in [0, 0.1) is 11.8 Å². The van der Waals surface area contributed by atoms with E-state index in [1.807, 2.05) is 20.8 Å². The lowest BCUT2D eigenvalue weighted by Crippen LogP contribution is -2.38. The summed E-state index contributed by atoms with van der Waals surface area (Å²) in [5.41, 5.74) is -0.0386. The lowest BCUT2D eigenvalue weighted by molar-refractivity contribution is 0.0518. The molecule has 8 nitrogen and oxygen atoms in total. The molecule has 25 heavy (non-hydrogen) atoms. The molecule has 0 spiro atoms. The Morgan fingerprint density at radius 2 is 1.96 bits per heavy atom. The third-order valence-electron chi connectivity index (χ3n) is 4.26. The number of hydrogen-bond acceptors (Lipinski definition) is 6. The van der Waals surface area contributed by atoms with Gasteiger partial charge in [-0.15, -0.1) is 0 Å². The Balaban J connectivity index is 1.60. The van der Waals surface area contributed by atoms with E-state index in [1.165, 1.54) is 0 Å². The number of hydrogen-bond donors (Lipinski definition) is 2. The summed E-state index contributed by atoms with van der Waals surface area (Å²) in [4.78, 5) is 18.2. The Kier molecular flexibility index (Phi) is 4.30. The van der Waals surface area contributed by atoms with Crippen molar-refractivity contribution in [1.29, 1.82) is 0 Å². The van der Waals surface area contributed by atoms with Crippen molar-refractivity contribution < 1.29 is 17.9 Å². The Morgan fingerprint density at radius 1 is 1.32 bits per heavy atom. The van der Waals surface area contributed by atoms with Crippen molar-refractivity contribution in [3.63, 3.8) is 0 Å². The number of sulfonamides is 1. The van der Waals surface area contributed by atoms with Crippen molar-refractivity contribution in [2.45, 2.75) is 32.4 Å². The maximum absolute atomic E-state index is 11.9. The van der Waals surface area contributed by atoms with Crippen LogP contribution in [0.25, 0.3) is 0 Å². The number of alkyl carbamates (subject to hydrolysis) is 1. The molecule has 0 bridgehead atoms. The maximum atomic E-state index is 11.9. The van der Waals surface area contributed by atoms with E-state index in [0.29, 0.717) is 23.3 Å². The first-order valence-electron chi connectivity index (χ1n) is 8.21. The van der Waals surface area contributed by atoms with Gasteiger partial charge in [-0.25, -0.2) is 18.2 Å². The zero-order valence-corrected chi connectivity index (χ0v) is 15.6. The first-order valence-corrected chi connectivity index (χ1v) is 10.1. The van der Waals surface area contributed by atoms with E-state index in [-0.39, 0.29) is 6.04 Å². The molecule has 2 atom stereocenters. The summed E-state index contributed by atoms with van der Waals surface area (Å²) in [5, 5.41) is 2.92. The second kappa shape index (κ2) is 6.05. The molecule has 9 heteroatoms. The Labute approximate surface area is 148 Å². The van der Waals surface area contributed by atoms with Crippen LogP contribution in [0.1, 0.15) is 20.8 Å². The average molecular weight is 368 g/mol. The van der Waals surface area contributed by atoms with Crippen molar-refractivity contribution in [2.24, 2.45) is 11.8 Å². The van der Waals surface area contributed by atoms with Crippen LogP contribution in [0.2, 0.25) is 0 Å². The van der Waals surface area contributed by atoms with Gasteiger partial charge in [0.1, 0.15) is 5.60 Å². The minimum Gasteiger partial charge on any atom is -0.444 e. The number of piperidine rings is 1. The first kappa shape index (κ1) is 17.8. The summed E-state index contributed by atoms with van der Waals surface area (Å²) in [6.07, 6.45) is 2.37. The zero-order chi connectivity index (χ0) is 18.4. The minimum absolute atomic E-state index is 0.112. The monoisotopic (exact) mass is 368 g/mol. The molecular formula is C16H24N4O4S. The van der Waals surface area contributed by atoms with E-state index in [4.69, 9.17) is 4.74 Å². The van der Waals surface area contributed by atoms with Crippen molar-refractivity contribution in [3.8, 4) is 0 Å². The summed E-state index contributed by atoms with van der Waals surface area (Å²) in [6, 6.07) is 3.51. The van der Waals surface area contributed by atoms with Gasteiger partial charge in [-0.05, 0) is 32.9 Å². The average Bonchev–Trinajstić information content (AvgIpc) is 2.90. The van der Waals surface area contributed by atoms with Gasteiger partial charge in [-0.2, -0.15) is 0 Å². The van der Waals surface area contributed by atoms with Gasteiger partial charge in [-0.3, -0.25) is 4.72 Å². The van der Waals surface area contributed by atoms with E-state index in [1.54, 1.807) is 18.3 Å². The SMILES string of the molecule is CC(C)(C)OC(=O)NC1C2CN(c3ncccc3NS(C)(=O)=O)CC21. The number of pyridine rings is 1. The highest BCUT2D eigenvalue weighted by molar-refractivity contribution is 7.92. The van der Waals surface area contributed by atoms with Gasteiger partial charge in [0.2, 0.25) is 10.0 Å². The molecule has 1 aliphatic heterocycles. The van der Waals surface area contributed by atoms with Crippen LogP contribution in [0.15, 0.2) is 18.3 Å². The predicted octanol–water partition coefficient (Wildman–Crippen LogP) is 1.41. The quantitative estimate of drug-likeness (QED) is 0.833. The summed E-state index contributed by atoms with van der Waals surface area (Å²) >= 11 is 0. The highest BCUT2D eigenvalue weighted by Crippen LogP contribution is 2.47. The third-order valence-corrected chi connectivity index (χ3v) is 4.85. The van der Waals surface area contributed by atoms with Crippen LogP contribution in [0.3, 0.4) is 0 Å². The van der Waals surface area contributed by atoms with E-state index >= 15 is 0 Å². The largest absolute Gasteiger partial charge is 0.444 e. The molecular weight excluding hydrogens is 344 g/mol. The number of rotatable bonds is 4. The van der Waals surface area contributed by atoms with E-state index in [0.717, 1.165) is 19.3 Å². The van der Waals surface area contributed by atoms with Crippen LogP contribution in [0.5, 0.6) is 0 Å². The van der Waals surface area contributed by atoms with Gasteiger partial charge in [0, 0.05) is 37.2 Å². The lowest BCUT2D eigenvalue weighted by atomic mass is 10.2. The minimum atomic E-state index is -3.37. The number of carbonyl (C=O) groups excluding carboxylic acids is 1. The summed E-state index contributed by atoms with van der Waals surface area (Å²) in [7, 11) is -3.37. The number of aromatic nitrogens is 1. The molecule has 0 aromatic carbocycles. The highest BCUT2D eigenvalue weighted by Gasteiger charge is 2.57. The Morgan fingerprint density at radius 3 is 2.52 bits per heavy atom. The summed E-state index contributed by atoms with van der Waals surface area (Å²) < 4.78 is 30.8. The highest BCUT2D eigenvalue weighted by atomic mass is 32.2. The normalized spacial score (nSPS) is 25.3. The second-order valence-electron chi connectivity index (χ2n) is 7.65. The van der Waals surface area contributed by atoms with Crippen LogP contribution in [0.4, 0.5) is 16.3 Å². The van der Waals surface area contributed by atoms with Crippen LogP contribution in [-0.2, 0) is 14.8 Å². The van der Waals surface area contributed by atoms with Crippen LogP contribution < -0.4 is 14.9 Å². The first-order chi connectivity index (χ1) is 11.5. The maximum Gasteiger partial charge on any atom is 0.407 e. The molecule has 3 rings (SSSR count). The van der Waals surface area contributed by atoms with Crippen LogP contribution >= 0.6 is 0 Å². The molecule has 2 fully saturated rings. The van der Waals surface area contributed by atoms with E-state index in [2.05, 4.69) is 19.9 Å².